The summed E-state index contributed by atoms with van der Waals surface area (Å²) >= 11 is 0. The number of allylic oxidation sites excluding steroid dienone is 1. The summed E-state index contributed by atoms with van der Waals surface area (Å²) in [4.78, 5) is 25.5. The maximum Gasteiger partial charge on any atom is 0.163 e. The molecule has 122 valence electrons. The van der Waals surface area contributed by atoms with Crippen molar-refractivity contribution in [3.63, 3.8) is 0 Å². The third-order valence-corrected chi connectivity index (χ3v) is 6.02. The van der Waals surface area contributed by atoms with E-state index < -0.39 is 16.6 Å². The van der Waals surface area contributed by atoms with Gasteiger partial charge in [0.2, 0.25) is 0 Å². The first-order valence-corrected chi connectivity index (χ1v) is 8.17. The van der Waals surface area contributed by atoms with Crippen molar-refractivity contribution in [1.29, 1.82) is 0 Å². The first kappa shape index (κ1) is 15.9. The second kappa shape index (κ2) is 4.75. The van der Waals surface area contributed by atoms with Crippen molar-refractivity contribution in [1.82, 2.24) is 0 Å². The van der Waals surface area contributed by atoms with Gasteiger partial charge in [0.25, 0.3) is 0 Å². The van der Waals surface area contributed by atoms with Crippen LogP contribution < -0.4 is 0 Å². The van der Waals surface area contributed by atoms with Gasteiger partial charge in [-0.3, -0.25) is 9.59 Å². The summed E-state index contributed by atoms with van der Waals surface area (Å²) < 4.78 is 12.1. The van der Waals surface area contributed by atoms with Gasteiger partial charge in [0.15, 0.2) is 5.79 Å². The van der Waals surface area contributed by atoms with Gasteiger partial charge in [0.1, 0.15) is 11.6 Å². The zero-order valence-corrected chi connectivity index (χ0v) is 14.0. The minimum Gasteiger partial charge on any atom is -0.344 e. The summed E-state index contributed by atoms with van der Waals surface area (Å²) in [7, 11) is 0. The molecule has 0 unspecified atom stereocenters. The van der Waals surface area contributed by atoms with E-state index in [0.717, 1.165) is 0 Å². The predicted molar refractivity (Wildman–Crippen MR) is 82.2 cm³/mol. The monoisotopic (exact) mass is 306 g/mol. The van der Waals surface area contributed by atoms with Gasteiger partial charge in [-0.05, 0) is 26.7 Å². The smallest absolute Gasteiger partial charge is 0.163 e. The molecule has 1 saturated heterocycles. The van der Waals surface area contributed by atoms with Crippen LogP contribution in [0.3, 0.4) is 0 Å². The van der Waals surface area contributed by atoms with Crippen LogP contribution in [0.25, 0.3) is 0 Å². The highest BCUT2D eigenvalue weighted by atomic mass is 16.8. The molecule has 3 aliphatic rings. The molecule has 2 saturated carbocycles. The lowest BCUT2D eigenvalue weighted by Crippen LogP contribution is -2.62. The van der Waals surface area contributed by atoms with E-state index >= 15 is 0 Å². The summed E-state index contributed by atoms with van der Waals surface area (Å²) in [6.45, 7) is 11.6. The summed E-state index contributed by atoms with van der Waals surface area (Å²) in [5.41, 5.74) is -1.10. The van der Waals surface area contributed by atoms with Gasteiger partial charge >= 0.3 is 0 Å². The fourth-order valence-corrected chi connectivity index (χ4v) is 4.99. The molecular formula is C18H26O4. The van der Waals surface area contributed by atoms with Crippen LogP contribution in [0, 0.1) is 16.7 Å². The average molecular weight is 306 g/mol. The Morgan fingerprint density at radius 2 is 1.86 bits per heavy atom. The highest BCUT2D eigenvalue weighted by molar-refractivity contribution is 5.93. The Kier molecular flexibility index (Phi) is 3.43. The number of carbonyl (C=O) groups excluding carboxylic acids is 2. The lowest BCUT2D eigenvalue weighted by atomic mass is 9.48. The maximum absolute atomic E-state index is 12.8. The normalized spacial score (nSPS) is 47.0. The number of hydrogen-bond donors (Lipinski definition) is 0. The number of rotatable bonds is 2. The Morgan fingerprint density at radius 3 is 2.50 bits per heavy atom. The lowest BCUT2D eigenvalue weighted by Gasteiger charge is -2.55. The molecule has 5 atom stereocenters. The summed E-state index contributed by atoms with van der Waals surface area (Å²) in [6, 6.07) is 0. The molecule has 2 aliphatic carbocycles. The Balaban J connectivity index is 2.09. The third kappa shape index (κ3) is 2.04. The molecule has 0 aromatic carbocycles. The van der Waals surface area contributed by atoms with Gasteiger partial charge in [-0.2, -0.15) is 0 Å². The van der Waals surface area contributed by atoms with Crippen molar-refractivity contribution < 1.29 is 19.1 Å². The van der Waals surface area contributed by atoms with E-state index in [0.29, 0.717) is 25.7 Å². The quantitative estimate of drug-likeness (QED) is 0.736. The standard InChI is InChI=1S/C18H26O4/c1-6-8-17(4)12(19)7-9-18(5)13(20)10-11-14(15(17)18)22-16(2,3)21-11/h6,11,14-15H,1,7-10H2,2-5H3/t11-,14+,15+,17-,18-/m0/s1. The van der Waals surface area contributed by atoms with Crippen LogP contribution >= 0.6 is 0 Å². The van der Waals surface area contributed by atoms with Crippen molar-refractivity contribution in [2.24, 2.45) is 16.7 Å². The molecule has 0 radical (unpaired) electrons. The molecular weight excluding hydrogens is 280 g/mol. The number of fused-ring (bicyclic) bond motifs is 3. The van der Waals surface area contributed by atoms with Gasteiger partial charge in [-0.25, -0.2) is 0 Å². The Hall–Kier alpha value is -1.00. The average Bonchev–Trinajstić information content (AvgIpc) is 2.69. The second-order valence-corrected chi connectivity index (χ2v) is 7.99. The van der Waals surface area contributed by atoms with Crippen LogP contribution in [0.5, 0.6) is 0 Å². The summed E-state index contributed by atoms with van der Waals surface area (Å²) in [5, 5.41) is 0. The van der Waals surface area contributed by atoms with Gasteiger partial charge in [-0.15, -0.1) is 6.58 Å². The molecule has 0 bridgehead atoms. The predicted octanol–water partition coefficient (Wildman–Crippen LogP) is 3.05. The van der Waals surface area contributed by atoms with Crippen LogP contribution in [-0.4, -0.2) is 29.6 Å². The molecule has 0 spiro atoms. The molecule has 1 aliphatic heterocycles. The SMILES string of the molecule is C=CC[C@@]1(C)C(=O)CC[C@@]2(C)C(=O)C[C@@H]3OC(C)(C)O[C@H]3[C@H]12. The topological polar surface area (TPSA) is 52.6 Å². The number of carbonyl (C=O) groups is 2. The van der Waals surface area contributed by atoms with Crippen molar-refractivity contribution >= 4 is 11.6 Å². The van der Waals surface area contributed by atoms with Gasteiger partial charge < -0.3 is 9.47 Å². The molecule has 1 heterocycles. The number of ether oxygens (including phenoxy) is 2. The molecule has 0 N–H and O–H groups in total. The van der Waals surface area contributed by atoms with E-state index in [4.69, 9.17) is 9.47 Å². The minimum absolute atomic E-state index is 0.146. The van der Waals surface area contributed by atoms with E-state index in [1.165, 1.54) is 0 Å². The van der Waals surface area contributed by atoms with Crippen molar-refractivity contribution in [2.45, 2.75) is 71.4 Å². The van der Waals surface area contributed by atoms with Crippen LogP contribution in [-0.2, 0) is 19.1 Å². The fourth-order valence-electron chi connectivity index (χ4n) is 4.99. The van der Waals surface area contributed by atoms with E-state index in [1.54, 1.807) is 6.08 Å². The van der Waals surface area contributed by atoms with E-state index in [-0.39, 0.29) is 29.7 Å². The summed E-state index contributed by atoms with van der Waals surface area (Å²) in [5.74, 6) is -0.414. The second-order valence-electron chi connectivity index (χ2n) is 7.99. The first-order valence-electron chi connectivity index (χ1n) is 8.17. The number of ketones is 2. The van der Waals surface area contributed by atoms with Gasteiger partial charge in [0, 0.05) is 29.6 Å². The molecule has 0 amide bonds. The van der Waals surface area contributed by atoms with E-state index in [2.05, 4.69) is 6.58 Å². The Morgan fingerprint density at radius 1 is 1.18 bits per heavy atom. The van der Waals surface area contributed by atoms with Crippen LogP contribution in [0.15, 0.2) is 12.7 Å². The molecule has 0 aromatic heterocycles. The van der Waals surface area contributed by atoms with E-state index in [9.17, 15) is 9.59 Å². The largest absolute Gasteiger partial charge is 0.344 e. The fraction of sp³-hybridized carbons (Fsp3) is 0.778. The lowest BCUT2D eigenvalue weighted by molar-refractivity contribution is -0.178. The van der Waals surface area contributed by atoms with Crippen LogP contribution in [0.4, 0.5) is 0 Å². The molecule has 0 aromatic rings. The number of Topliss-reactive ketones (excluding diaryl/α,β-unsaturated/α-hetero) is 2. The maximum atomic E-state index is 12.8. The van der Waals surface area contributed by atoms with Crippen molar-refractivity contribution in [3.8, 4) is 0 Å². The van der Waals surface area contributed by atoms with Crippen LogP contribution in [0.1, 0.15) is 53.4 Å². The number of hydrogen-bond acceptors (Lipinski definition) is 4. The first-order chi connectivity index (χ1) is 10.1. The zero-order valence-electron chi connectivity index (χ0n) is 14.0. The molecule has 22 heavy (non-hydrogen) atoms. The Labute approximate surface area is 132 Å². The molecule has 3 fully saturated rings. The van der Waals surface area contributed by atoms with Gasteiger partial charge in [0.05, 0.1) is 12.2 Å². The Bertz CT molecular complexity index is 537. The molecule has 3 rings (SSSR count). The highest BCUT2D eigenvalue weighted by Crippen LogP contribution is 2.59. The van der Waals surface area contributed by atoms with Crippen molar-refractivity contribution in [3.05, 3.63) is 12.7 Å². The van der Waals surface area contributed by atoms with E-state index in [1.807, 2.05) is 27.7 Å². The zero-order chi connectivity index (χ0) is 16.3. The molecule has 4 nitrogen and oxygen atoms in total. The minimum atomic E-state index is -0.698. The van der Waals surface area contributed by atoms with Crippen molar-refractivity contribution in [2.75, 3.05) is 0 Å². The highest BCUT2D eigenvalue weighted by Gasteiger charge is 2.65. The third-order valence-electron chi connectivity index (χ3n) is 6.02. The van der Waals surface area contributed by atoms with Gasteiger partial charge in [-0.1, -0.05) is 19.9 Å². The molecule has 4 heteroatoms. The van der Waals surface area contributed by atoms with Crippen LogP contribution in [0.2, 0.25) is 0 Å². The summed E-state index contributed by atoms with van der Waals surface area (Å²) in [6.07, 6.45) is 3.40.